The summed E-state index contributed by atoms with van der Waals surface area (Å²) in [5.41, 5.74) is 1.40. The van der Waals surface area contributed by atoms with Crippen molar-refractivity contribution in [2.45, 2.75) is 37.8 Å². The summed E-state index contributed by atoms with van der Waals surface area (Å²) in [5.74, 6) is -0.0894. The minimum absolute atomic E-state index is 0.110. The molecule has 2 aromatic carbocycles. The first-order valence-electron chi connectivity index (χ1n) is 10.3. The van der Waals surface area contributed by atoms with Crippen LogP contribution in [0.5, 0.6) is 5.75 Å². The van der Waals surface area contributed by atoms with Gasteiger partial charge in [-0.3, -0.25) is 14.5 Å². The standard InChI is InChI=1S/C23H24N4O3S/c1-30-20-14-8-7-13-18(20)21(22(28)24-16-9-5-6-10-16)27(17-11-3-2-4-12-17)23(29)19-15-31-26-25-19/h2-4,7-8,11-16,21H,5-6,9-10H2,1H3,(H,24,28). The maximum Gasteiger partial charge on any atom is 0.280 e. The molecular formula is C23H24N4O3S. The number of nitrogens with zero attached hydrogens (tertiary/aromatic N) is 3. The summed E-state index contributed by atoms with van der Waals surface area (Å²) >= 11 is 1.10. The minimum Gasteiger partial charge on any atom is -0.496 e. The number of aromatic nitrogens is 2. The van der Waals surface area contributed by atoms with Crippen molar-refractivity contribution < 1.29 is 14.3 Å². The van der Waals surface area contributed by atoms with Crippen LogP contribution in [0.15, 0.2) is 60.0 Å². The summed E-state index contributed by atoms with van der Waals surface area (Å²) < 4.78 is 9.39. The van der Waals surface area contributed by atoms with E-state index in [-0.39, 0.29) is 17.6 Å². The van der Waals surface area contributed by atoms with Gasteiger partial charge in [0.2, 0.25) is 5.91 Å². The SMILES string of the molecule is COc1ccccc1C(C(=O)NC1CCCC1)N(C(=O)c1csnn1)c1ccccc1. The van der Waals surface area contributed by atoms with Crippen LogP contribution >= 0.6 is 11.5 Å². The highest BCUT2D eigenvalue weighted by Crippen LogP contribution is 2.35. The number of hydrogen-bond acceptors (Lipinski definition) is 6. The van der Waals surface area contributed by atoms with Crippen molar-refractivity contribution in [1.29, 1.82) is 0 Å². The number of benzene rings is 2. The molecule has 1 unspecified atom stereocenters. The number of anilines is 1. The van der Waals surface area contributed by atoms with Crippen molar-refractivity contribution in [1.82, 2.24) is 14.9 Å². The molecule has 1 fully saturated rings. The third kappa shape index (κ3) is 4.59. The predicted octanol–water partition coefficient (Wildman–Crippen LogP) is 3.99. The zero-order valence-electron chi connectivity index (χ0n) is 17.2. The van der Waals surface area contributed by atoms with E-state index in [1.165, 1.54) is 4.90 Å². The summed E-state index contributed by atoms with van der Waals surface area (Å²) in [6.07, 6.45) is 4.07. The van der Waals surface area contributed by atoms with Crippen LogP contribution in [0.3, 0.4) is 0 Å². The normalized spacial score (nSPS) is 14.7. The van der Waals surface area contributed by atoms with Gasteiger partial charge in [-0.2, -0.15) is 0 Å². The Labute approximate surface area is 185 Å². The zero-order chi connectivity index (χ0) is 21.6. The molecule has 1 aromatic heterocycles. The number of methoxy groups -OCH3 is 1. The number of rotatable bonds is 7. The summed E-state index contributed by atoms with van der Waals surface area (Å²) in [5, 5.41) is 8.71. The van der Waals surface area contributed by atoms with Gasteiger partial charge in [-0.1, -0.05) is 53.7 Å². The lowest BCUT2D eigenvalue weighted by atomic mass is 10.0. The highest BCUT2D eigenvalue weighted by atomic mass is 32.1. The molecule has 4 rings (SSSR count). The van der Waals surface area contributed by atoms with Crippen molar-refractivity contribution in [2.75, 3.05) is 12.0 Å². The second-order valence-corrected chi connectivity index (χ2v) is 8.05. The van der Waals surface area contributed by atoms with Crippen LogP contribution in [-0.4, -0.2) is 34.6 Å². The summed E-state index contributed by atoms with van der Waals surface area (Å²) in [6, 6.07) is 15.6. The van der Waals surface area contributed by atoms with Crippen LogP contribution in [0.2, 0.25) is 0 Å². The minimum atomic E-state index is -0.923. The molecule has 0 spiro atoms. The van der Waals surface area contributed by atoms with Crippen molar-refractivity contribution in [2.24, 2.45) is 0 Å². The Bertz CT molecular complexity index is 1020. The van der Waals surface area contributed by atoms with E-state index in [1.54, 1.807) is 18.6 Å². The van der Waals surface area contributed by atoms with Crippen LogP contribution in [0, 0.1) is 0 Å². The molecule has 1 aliphatic carbocycles. The number of carbonyl (C=O) groups excluding carboxylic acids is 2. The second-order valence-electron chi connectivity index (χ2n) is 7.44. The van der Waals surface area contributed by atoms with Crippen molar-refractivity contribution in [3.63, 3.8) is 0 Å². The van der Waals surface area contributed by atoms with E-state index in [0.29, 0.717) is 17.0 Å². The molecule has 8 heteroatoms. The first-order chi connectivity index (χ1) is 15.2. The molecule has 1 N–H and O–H groups in total. The number of carbonyl (C=O) groups is 2. The van der Waals surface area contributed by atoms with Crippen LogP contribution in [0.4, 0.5) is 5.69 Å². The van der Waals surface area contributed by atoms with E-state index >= 15 is 0 Å². The van der Waals surface area contributed by atoms with Crippen LogP contribution in [-0.2, 0) is 4.79 Å². The van der Waals surface area contributed by atoms with Crippen molar-refractivity contribution in [3.05, 3.63) is 71.2 Å². The molecule has 1 saturated carbocycles. The lowest BCUT2D eigenvalue weighted by Gasteiger charge is -2.32. The molecule has 31 heavy (non-hydrogen) atoms. The molecule has 7 nitrogen and oxygen atoms in total. The number of hydrogen-bond donors (Lipinski definition) is 1. The molecule has 1 atom stereocenters. The Kier molecular flexibility index (Phi) is 6.57. The predicted molar refractivity (Wildman–Crippen MR) is 119 cm³/mol. The Balaban J connectivity index is 1.82. The molecular weight excluding hydrogens is 412 g/mol. The molecule has 3 aromatic rings. The molecule has 1 heterocycles. The number of para-hydroxylation sites is 2. The number of amides is 2. The summed E-state index contributed by atoms with van der Waals surface area (Å²) in [7, 11) is 1.56. The summed E-state index contributed by atoms with van der Waals surface area (Å²) in [6.45, 7) is 0. The van der Waals surface area contributed by atoms with E-state index in [4.69, 9.17) is 4.74 Å². The molecule has 0 bridgehead atoms. The molecule has 2 amide bonds. The van der Waals surface area contributed by atoms with E-state index in [1.807, 2.05) is 48.5 Å². The van der Waals surface area contributed by atoms with Gasteiger partial charge in [0.25, 0.3) is 5.91 Å². The molecule has 0 aliphatic heterocycles. The van der Waals surface area contributed by atoms with E-state index in [2.05, 4.69) is 14.9 Å². The van der Waals surface area contributed by atoms with Gasteiger partial charge in [0.15, 0.2) is 5.69 Å². The number of nitrogens with one attached hydrogen (secondary N) is 1. The lowest BCUT2D eigenvalue weighted by molar-refractivity contribution is -0.123. The summed E-state index contributed by atoms with van der Waals surface area (Å²) in [4.78, 5) is 28.7. The average molecular weight is 437 g/mol. The maximum atomic E-state index is 13.7. The Morgan fingerprint density at radius 3 is 2.48 bits per heavy atom. The van der Waals surface area contributed by atoms with Gasteiger partial charge in [-0.15, -0.1) is 5.10 Å². The van der Waals surface area contributed by atoms with Gasteiger partial charge in [-0.25, -0.2) is 0 Å². The third-order valence-electron chi connectivity index (χ3n) is 5.47. The van der Waals surface area contributed by atoms with E-state index < -0.39 is 11.9 Å². The first kappa shape index (κ1) is 21.0. The highest BCUT2D eigenvalue weighted by Gasteiger charge is 2.37. The second kappa shape index (κ2) is 9.70. The van der Waals surface area contributed by atoms with Crippen LogP contribution in [0.25, 0.3) is 0 Å². The van der Waals surface area contributed by atoms with Crippen LogP contribution in [0.1, 0.15) is 47.8 Å². The third-order valence-corrected chi connectivity index (χ3v) is 5.98. The average Bonchev–Trinajstić information content (AvgIpc) is 3.52. The fraction of sp³-hybridized carbons (Fsp3) is 0.304. The maximum absolute atomic E-state index is 13.7. The Morgan fingerprint density at radius 2 is 1.81 bits per heavy atom. The Hall–Kier alpha value is -3.26. The molecule has 0 saturated heterocycles. The van der Waals surface area contributed by atoms with Gasteiger partial charge in [0.05, 0.1) is 7.11 Å². The highest BCUT2D eigenvalue weighted by molar-refractivity contribution is 7.03. The zero-order valence-corrected chi connectivity index (χ0v) is 18.0. The monoisotopic (exact) mass is 436 g/mol. The van der Waals surface area contributed by atoms with E-state index in [9.17, 15) is 9.59 Å². The first-order valence-corrected chi connectivity index (χ1v) is 11.1. The van der Waals surface area contributed by atoms with Crippen molar-refractivity contribution >= 4 is 29.0 Å². The largest absolute Gasteiger partial charge is 0.496 e. The molecule has 1 aliphatic rings. The quantitative estimate of drug-likeness (QED) is 0.605. The number of ether oxygens (including phenoxy) is 1. The molecule has 0 radical (unpaired) electrons. The van der Waals surface area contributed by atoms with Gasteiger partial charge >= 0.3 is 0 Å². The van der Waals surface area contributed by atoms with Gasteiger partial charge < -0.3 is 10.1 Å². The topological polar surface area (TPSA) is 84.4 Å². The molecule has 160 valence electrons. The Morgan fingerprint density at radius 1 is 1.10 bits per heavy atom. The fourth-order valence-corrected chi connectivity index (χ4v) is 4.42. The van der Waals surface area contributed by atoms with Crippen LogP contribution < -0.4 is 15.0 Å². The van der Waals surface area contributed by atoms with E-state index in [0.717, 1.165) is 37.2 Å². The van der Waals surface area contributed by atoms with Crippen molar-refractivity contribution in [3.8, 4) is 5.75 Å². The lowest BCUT2D eigenvalue weighted by Crippen LogP contribution is -2.46. The fourth-order valence-electron chi connectivity index (χ4n) is 3.99. The van der Waals surface area contributed by atoms with Gasteiger partial charge in [-0.05, 0) is 42.6 Å². The smallest absolute Gasteiger partial charge is 0.280 e. The van der Waals surface area contributed by atoms with Gasteiger partial charge in [0, 0.05) is 22.7 Å². The van der Waals surface area contributed by atoms with Gasteiger partial charge in [0.1, 0.15) is 11.8 Å².